The van der Waals surface area contributed by atoms with Gasteiger partial charge in [-0.15, -0.1) is 6.42 Å². The van der Waals surface area contributed by atoms with E-state index in [0.717, 1.165) is 24.1 Å². The van der Waals surface area contributed by atoms with Crippen LogP contribution < -0.4 is 5.32 Å². The molecule has 4 nitrogen and oxygen atoms in total. The number of terminal acetylenes is 1. The number of hydrogen-bond donors (Lipinski definition) is 1. The van der Waals surface area contributed by atoms with Crippen molar-refractivity contribution in [1.82, 2.24) is 4.90 Å². The summed E-state index contributed by atoms with van der Waals surface area (Å²) in [6, 6.07) is 5.28. The first-order valence-electron chi connectivity index (χ1n) is 6.99. The number of fused-ring (bicyclic) bond motifs is 1. The van der Waals surface area contributed by atoms with E-state index in [-0.39, 0.29) is 11.9 Å². The molecule has 0 radical (unpaired) electrons. The molecule has 2 amide bonds. The summed E-state index contributed by atoms with van der Waals surface area (Å²) in [6.07, 6.45) is 7.95. The fourth-order valence-corrected chi connectivity index (χ4v) is 3.28. The van der Waals surface area contributed by atoms with E-state index in [2.05, 4.69) is 11.2 Å². The van der Waals surface area contributed by atoms with E-state index < -0.39 is 5.54 Å². The van der Waals surface area contributed by atoms with Gasteiger partial charge in [0.1, 0.15) is 5.54 Å². The highest BCUT2D eigenvalue weighted by atomic mass is 35.5. The Morgan fingerprint density at radius 1 is 1.57 bits per heavy atom. The molecule has 1 fully saturated rings. The van der Waals surface area contributed by atoms with Crippen molar-refractivity contribution in [3.63, 3.8) is 0 Å². The molecule has 0 aromatic heterocycles. The van der Waals surface area contributed by atoms with E-state index in [4.69, 9.17) is 22.8 Å². The lowest BCUT2D eigenvalue weighted by atomic mass is 9.81. The van der Waals surface area contributed by atoms with Crippen LogP contribution in [0.15, 0.2) is 18.2 Å². The fraction of sp³-hybridized carbons (Fsp3) is 0.438. The molecule has 5 heteroatoms. The van der Waals surface area contributed by atoms with Crippen LogP contribution in [0.25, 0.3) is 0 Å². The van der Waals surface area contributed by atoms with Crippen molar-refractivity contribution in [3.8, 4) is 12.3 Å². The molecule has 1 aliphatic carbocycles. The SMILES string of the molecule is C#CC1(C2CC2)c2cc(Cl)ccc2NC(=O)N1CCOC. The van der Waals surface area contributed by atoms with Gasteiger partial charge < -0.3 is 15.0 Å². The minimum absolute atomic E-state index is 0.174. The van der Waals surface area contributed by atoms with E-state index in [0.29, 0.717) is 18.2 Å². The molecule has 1 atom stereocenters. The zero-order valence-corrected chi connectivity index (χ0v) is 12.6. The summed E-state index contributed by atoms with van der Waals surface area (Å²) in [5.41, 5.74) is 0.944. The first-order valence-corrected chi connectivity index (χ1v) is 7.36. The average Bonchev–Trinajstić information content (AvgIpc) is 3.30. The molecule has 1 unspecified atom stereocenters. The topological polar surface area (TPSA) is 41.6 Å². The molecule has 21 heavy (non-hydrogen) atoms. The number of benzene rings is 1. The van der Waals surface area contributed by atoms with E-state index in [1.165, 1.54) is 0 Å². The second-order valence-corrected chi connectivity index (χ2v) is 5.89. The molecule has 0 bridgehead atoms. The summed E-state index contributed by atoms with van der Waals surface area (Å²) in [6.45, 7) is 0.897. The first kappa shape index (κ1) is 14.2. The van der Waals surface area contributed by atoms with E-state index in [9.17, 15) is 4.79 Å². The maximum absolute atomic E-state index is 12.5. The van der Waals surface area contributed by atoms with E-state index in [1.54, 1.807) is 18.1 Å². The Labute approximate surface area is 129 Å². The van der Waals surface area contributed by atoms with Gasteiger partial charge in [0.05, 0.1) is 6.61 Å². The Kier molecular flexibility index (Phi) is 3.56. The zero-order chi connectivity index (χ0) is 15.0. The Bertz CT molecular complexity index is 621. The molecule has 1 aliphatic heterocycles. The second-order valence-electron chi connectivity index (χ2n) is 5.45. The maximum Gasteiger partial charge on any atom is 0.323 e. The van der Waals surface area contributed by atoms with Gasteiger partial charge in [-0.2, -0.15) is 0 Å². The van der Waals surface area contributed by atoms with Crippen LogP contribution in [0.1, 0.15) is 18.4 Å². The third kappa shape index (κ3) is 2.17. The number of halogens is 1. The third-order valence-corrected chi connectivity index (χ3v) is 4.45. The third-order valence-electron chi connectivity index (χ3n) is 4.21. The van der Waals surface area contributed by atoms with Gasteiger partial charge in [0.25, 0.3) is 0 Å². The quantitative estimate of drug-likeness (QED) is 0.869. The monoisotopic (exact) mass is 304 g/mol. The van der Waals surface area contributed by atoms with Gasteiger partial charge in [-0.3, -0.25) is 0 Å². The van der Waals surface area contributed by atoms with Crippen molar-refractivity contribution >= 4 is 23.3 Å². The van der Waals surface area contributed by atoms with Gasteiger partial charge in [-0.05, 0) is 37.0 Å². The normalized spacial score (nSPS) is 24.2. The minimum Gasteiger partial charge on any atom is -0.383 e. The summed E-state index contributed by atoms with van der Waals surface area (Å²) in [5.74, 6) is 3.18. The first-order chi connectivity index (χ1) is 10.1. The molecular formula is C16H17ClN2O2. The molecular weight excluding hydrogens is 288 g/mol. The van der Waals surface area contributed by atoms with Crippen LogP contribution in [-0.4, -0.2) is 31.2 Å². The number of nitrogens with zero attached hydrogens (tertiary/aromatic N) is 1. The lowest BCUT2D eigenvalue weighted by molar-refractivity contribution is 0.0996. The molecule has 2 aliphatic rings. The smallest absolute Gasteiger partial charge is 0.323 e. The lowest BCUT2D eigenvalue weighted by Gasteiger charge is -2.45. The second kappa shape index (κ2) is 5.25. The van der Waals surface area contributed by atoms with Gasteiger partial charge in [-0.1, -0.05) is 17.5 Å². The summed E-state index contributed by atoms with van der Waals surface area (Å²) < 4.78 is 5.13. The highest BCUT2D eigenvalue weighted by Gasteiger charge is 2.54. The Morgan fingerprint density at radius 3 is 2.95 bits per heavy atom. The standard InChI is InChI=1S/C16H17ClN2O2/c1-3-16(11-4-5-11)13-10-12(17)6-7-14(13)18-15(20)19(16)8-9-21-2/h1,6-7,10-11H,4-5,8-9H2,2H3,(H,18,20). The van der Waals surface area contributed by atoms with Gasteiger partial charge in [0, 0.05) is 29.9 Å². The maximum atomic E-state index is 12.5. The number of carbonyl (C=O) groups excluding carboxylic acids is 1. The van der Waals surface area contributed by atoms with Gasteiger partial charge in [0.2, 0.25) is 0 Å². The lowest BCUT2D eigenvalue weighted by Crippen LogP contribution is -2.56. The van der Waals surface area contributed by atoms with Crippen LogP contribution in [0.4, 0.5) is 10.5 Å². The van der Waals surface area contributed by atoms with Crippen LogP contribution in [-0.2, 0) is 10.3 Å². The minimum atomic E-state index is -0.721. The summed E-state index contributed by atoms with van der Waals surface area (Å²) in [5, 5.41) is 3.52. The van der Waals surface area contributed by atoms with Crippen molar-refractivity contribution in [2.45, 2.75) is 18.4 Å². The average molecular weight is 305 g/mol. The summed E-state index contributed by atoms with van der Waals surface area (Å²) in [4.78, 5) is 14.2. The number of rotatable bonds is 4. The van der Waals surface area contributed by atoms with Gasteiger partial charge in [-0.25, -0.2) is 4.79 Å². The molecule has 1 N–H and O–H groups in total. The molecule has 3 rings (SSSR count). The van der Waals surface area contributed by atoms with Crippen molar-refractivity contribution in [2.75, 3.05) is 25.6 Å². The Morgan fingerprint density at radius 2 is 2.33 bits per heavy atom. The largest absolute Gasteiger partial charge is 0.383 e. The van der Waals surface area contributed by atoms with Gasteiger partial charge >= 0.3 is 6.03 Å². The number of hydrogen-bond acceptors (Lipinski definition) is 2. The van der Waals surface area contributed by atoms with Crippen LogP contribution >= 0.6 is 11.6 Å². The number of nitrogens with one attached hydrogen (secondary N) is 1. The number of ether oxygens (including phenoxy) is 1. The van der Waals surface area contributed by atoms with Crippen LogP contribution in [0, 0.1) is 18.3 Å². The van der Waals surface area contributed by atoms with Crippen molar-refractivity contribution in [3.05, 3.63) is 28.8 Å². The van der Waals surface area contributed by atoms with Gasteiger partial charge in [0.15, 0.2) is 0 Å². The molecule has 1 heterocycles. The van der Waals surface area contributed by atoms with Crippen LogP contribution in [0.3, 0.4) is 0 Å². The highest BCUT2D eigenvalue weighted by molar-refractivity contribution is 6.30. The van der Waals surface area contributed by atoms with Crippen LogP contribution in [0.5, 0.6) is 0 Å². The molecule has 0 saturated heterocycles. The predicted octanol–water partition coefficient (Wildman–Crippen LogP) is 3.07. The number of amides is 2. The fourth-order valence-electron chi connectivity index (χ4n) is 3.10. The van der Waals surface area contributed by atoms with E-state index >= 15 is 0 Å². The number of carbonyl (C=O) groups is 1. The Hall–Kier alpha value is -1.70. The van der Waals surface area contributed by atoms with Crippen molar-refractivity contribution in [2.24, 2.45) is 5.92 Å². The van der Waals surface area contributed by atoms with Crippen molar-refractivity contribution < 1.29 is 9.53 Å². The molecule has 1 saturated carbocycles. The number of methoxy groups -OCH3 is 1. The predicted molar refractivity (Wildman–Crippen MR) is 82.3 cm³/mol. The van der Waals surface area contributed by atoms with E-state index in [1.807, 2.05) is 12.1 Å². The number of urea groups is 1. The zero-order valence-electron chi connectivity index (χ0n) is 11.9. The Balaban J connectivity index is 2.14. The molecule has 0 spiro atoms. The molecule has 110 valence electrons. The summed E-state index contributed by atoms with van der Waals surface area (Å²) >= 11 is 6.15. The highest BCUT2D eigenvalue weighted by Crippen LogP contribution is 2.53. The summed E-state index contributed by atoms with van der Waals surface area (Å²) in [7, 11) is 1.61. The molecule has 1 aromatic rings. The van der Waals surface area contributed by atoms with Crippen LogP contribution in [0.2, 0.25) is 5.02 Å². The van der Waals surface area contributed by atoms with Crippen molar-refractivity contribution in [1.29, 1.82) is 0 Å². The molecule has 1 aromatic carbocycles. The number of anilines is 1.